The van der Waals surface area contributed by atoms with Gasteiger partial charge in [0, 0.05) is 5.56 Å². The maximum absolute atomic E-state index is 11.5. The van der Waals surface area contributed by atoms with Gasteiger partial charge in [0.15, 0.2) is 0 Å². The van der Waals surface area contributed by atoms with Crippen molar-refractivity contribution in [3.8, 4) is 5.75 Å². The second-order valence-corrected chi connectivity index (χ2v) is 3.64. The molecule has 1 unspecified atom stereocenters. The number of hydrogen-bond acceptors (Lipinski definition) is 5. The summed E-state index contributed by atoms with van der Waals surface area (Å²) in [7, 11) is 0. The van der Waals surface area contributed by atoms with Crippen LogP contribution in [0.3, 0.4) is 0 Å². The third-order valence-electron chi connectivity index (χ3n) is 2.53. The van der Waals surface area contributed by atoms with Gasteiger partial charge in [-0.3, -0.25) is 4.79 Å². The van der Waals surface area contributed by atoms with Gasteiger partial charge in [0.25, 0.3) is 0 Å². The van der Waals surface area contributed by atoms with Crippen molar-refractivity contribution in [2.24, 2.45) is 0 Å². The number of cyclic esters (lactones) is 1. The van der Waals surface area contributed by atoms with Crippen LogP contribution in [-0.2, 0) is 14.3 Å². The lowest BCUT2D eigenvalue weighted by Crippen LogP contribution is -2.10. The van der Waals surface area contributed by atoms with Gasteiger partial charge in [0.05, 0.1) is 13.0 Å². The first-order chi connectivity index (χ1) is 8.13. The van der Waals surface area contributed by atoms with Gasteiger partial charge in [-0.2, -0.15) is 0 Å². The molecule has 5 heteroatoms. The highest BCUT2D eigenvalue weighted by Crippen LogP contribution is 2.37. The van der Waals surface area contributed by atoms with Crippen LogP contribution in [0.15, 0.2) is 18.2 Å². The van der Waals surface area contributed by atoms with Crippen molar-refractivity contribution in [2.75, 3.05) is 6.61 Å². The second-order valence-electron chi connectivity index (χ2n) is 3.64. The number of rotatable bonds is 3. The van der Waals surface area contributed by atoms with E-state index < -0.39 is 18.0 Å². The van der Waals surface area contributed by atoms with E-state index >= 15 is 0 Å². The molecule has 1 aliphatic heterocycles. The summed E-state index contributed by atoms with van der Waals surface area (Å²) in [5.41, 5.74) is 0.671. The minimum atomic E-state index is -0.663. The van der Waals surface area contributed by atoms with E-state index in [9.17, 15) is 14.7 Å². The number of ether oxygens (including phenoxy) is 2. The number of phenolic OH excluding ortho intramolecular Hbond substituents is 1. The summed E-state index contributed by atoms with van der Waals surface area (Å²) in [6.45, 7) is 1.99. The highest BCUT2D eigenvalue weighted by atomic mass is 16.6. The quantitative estimate of drug-likeness (QED) is 0.806. The minimum absolute atomic E-state index is 0.0317. The first kappa shape index (κ1) is 11.4. The van der Waals surface area contributed by atoms with E-state index in [0.717, 1.165) is 0 Å². The maximum atomic E-state index is 11.5. The van der Waals surface area contributed by atoms with Gasteiger partial charge >= 0.3 is 11.9 Å². The maximum Gasteiger partial charge on any atom is 0.342 e. The third kappa shape index (κ3) is 2.08. The van der Waals surface area contributed by atoms with Crippen LogP contribution in [0.5, 0.6) is 5.75 Å². The smallest absolute Gasteiger partial charge is 0.342 e. The van der Waals surface area contributed by atoms with Gasteiger partial charge in [0.2, 0.25) is 0 Å². The molecular formula is C12H12O5. The van der Waals surface area contributed by atoms with Crippen LogP contribution >= 0.6 is 0 Å². The van der Waals surface area contributed by atoms with Gasteiger partial charge in [-0.15, -0.1) is 0 Å². The molecule has 5 nitrogen and oxygen atoms in total. The van der Waals surface area contributed by atoms with Gasteiger partial charge in [-0.1, -0.05) is 12.1 Å². The molecule has 0 aliphatic carbocycles. The van der Waals surface area contributed by atoms with Crippen molar-refractivity contribution in [1.29, 1.82) is 0 Å². The summed E-state index contributed by atoms with van der Waals surface area (Å²) < 4.78 is 9.82. The van der Waals surface area contributed by atoms with Crippen LogP contribution < -0.4 is 0 Å². The largest absolute Gasteiger partial charge is 0.507 e. The minimum Gasteiger partial charge on any atom is -0.507 e. The highest BCUT2D eigenvalue weighted by molar-refractivity contribution is 5.97. The summed E-state index contributed by atoms with van der Waals surface area (Å²) in [5, 5.41) is 9.54. The Labute approximate surface area is 98.0 Å². The highest BCUT2D eigenvalue weighted by Gasteiger charge is 2.34. The van der Waals surface area contributed by atoms with Crippen LogP contribution in [-0.4, -0.2) is 23.7 Å². The molecule has 1 N–H and O–H groups in total. The van der Waals surface area contributed by atoms with Crippen LogP contribution in [0.25, 0.3) is 0 Å². The summed E-state index contributed by atoms with van der Waals surface area (Å²) in [5.74, 6) is -1.16. The molecule has 0 saturated heterocycles. The molecule has 0 spiro atoms. The van der Waals surface area contributed by atoms with E-state index in [0.29, 0.717) is 5.56 Å². The van der Waals surface area contributed by atoms with Crippen LogP contribution in [0.1, 0.15) is 35.4 Å². The lowest BCUT2D eigenvalue weighted by atomic mass is 10.0. The normalized spacial score (nSPS) is 17.5. The fraction of sp³-hybridized carbons (Fsp3) is 0.333. The zero-order valence-corrected chi connectivity index (χ0v) is 9.30. The zero-order chi connectivity index (χ0) is 12.4. The van der Waals surface area contributed by atoms with Crippen molar-refractivity contribution in [3.63, 3.8) is 0 Å². The van der Waals surface area contributed by atoms with E-state index in [1.54, 1.807) is 19.1 Å². The molecule has 1 aromatic rings. The molecule has 0 radical (unpaired) electrons. The standard InChI is InChI=1S/C12H12O5/c1-2-16-10(14)6-9-7-4-3-5-8(13)11(7)12(15)17-9/h3-5,9,13H,2,6H2,1H3. The molecule has 0 saturated carbocycles. The molecular weight excluding hydrogens is 224 g/mol. The predicted molar refractivity (Wildman–Crippen MR) is 57.5 cm³/mol. The molecule has 0 aromatic heterocycles. The predicted octanol–water partition coefficient (Wildman–Crippen LogP) is 1.56. The van der Waals surface area contributed by atoms with Gasteiger partial charge in [0.1, 0.15) is 17.4 Å². The molecule has 0 fully saturated rings. The van der Waals surface area contributed by atoms with Gasteiger partial charge in [-0.05, 0) is 13.0 Å². The van der Waals surface area contributed by atoms with E-state index in [2.05, 4.69) is 0 Å². The lowest BCUT2D eigenvalue weighted by molar-refractivity contribution is -0.145. The number of fused-ring (bicyclic) bond motifs is 1. The number of hydrogen-bond donors (Lipinski definition) is 1. The van der Waals surface area contributed by atoms with Crippen molar-refractivity contribution < 1.29 is 24.2 Å². The van der Waals surface area contributed by atoms with Gasteiger partial charge in [-0.25, -0.2) is 4.79 Å². The van der Waals surface area contributed by atoms with Crippen LogP contribution in [0.2, 0.25) is 0 Å². The Morgan fingerprint density at radius 3 is 3.00 bits per heavy atom. The number of carbonyl (C=O) groups excluding carboxylic acids is 2. The van der Waals surface area contributed by atoms with E-state index in [1.807, 2.05) is 0 Å². The number of aromatic hydroxyl groups is 1. The molecule has 2 rings (SSSR count). The molecule has 1 aliphatic rings. The van der Waals surface area contributed by atoms with Crippen LogP contribution in [0, 0.1) is 0 Å². The molecule has 1 atom stereocenters. The van der Waals surface area contributed by atoms with E-state index in [4.69, 9.17) is 9.47 Å². The monoisotopic (exact) mass is 236 g/mol. The molecule has 1 heterocycles. The van der Waals surface area contributed by atoms with E-state index in [-0.39, 0.29) is 24.3 Å². The average Bonchev–Trinajstić information content (AvgIpc) is 2.57. The Morgan fingerprint density at radius 1 is 1.53 bits per heavy atom. The Morgan fingerprint density at radius 2 is 2.29 bits per heavy atom. The Kier molecular flexibility index (Phi) is 2.99. The fourth-order valence-corrected chi connectivity index (χ4v) is 1.82. The zero-order valence-electron chi connectivity index (χ0n) is 9.30. The SMILES string of the molecule is CCOC(=O)CC1OC(=O)c2c(O)cccc21. The first-order valence-electron chi connectivity index (χ1n) is 5.32. The fourth-order valence-electron chi connectivity index (χ4n) is 1.82. The third-order valence-corrected chi connectivity index (χ3v) is 2.53. The molecule has 17 heavy (non-hydrogen) atoms. The van der Waals surface area contributed by atoms with Gasteiger partial charge < -0.3 is 14.6 Å². The number of carbonyl (C=O) groups is 2. The summed E-state index contributed by atoms with van der Waals surface area (Å²) in [6, 6.07) is 4.67. The molecule has 1 aromatic carbocycles. The number of benzene rings is 1. The Hall–Kier alpha value is -2.04. The van der Waals surface area contributed by atoms with Crippen molar-refractivity contribution in [3.05, 3.63) is 29.3 Å². The van der Waals surface area contributed by atoms with E-state index in [1.165, 1.54) is 6.07 Å². The second kappa shape index (κ2) is 4.45. The Bertz CT molecular complexity index is 466. The van der Waals surface area contributed by atoms with Crippen LogP contribution in [0.4, 0.5) is 0 Å². The topological polar surface area (TPSA) is 72.8 Å². The Balaban J connectivity index is 2.23. The first-order valence-corrected chi connectivity index (χ1v) is 5.32. The summed E-state index contributed by atoms with van der Waals surface area (Å²) in [6.07, 6.45) is -0.695. The number of esters is 2. The summed E-state index contributed by atoms with van der Waals surface area (Å²) >= 11 is 0. The molecule has 0 bridgehead atoms. The summed E-state index contributed by atoms with van der Waals surface area (Å²) in [4.78, 5) is 22.8. The van der Waals surface area contributed by atoms with Crippen molar-refractivity contribution in [1.82, 2.24) is 0 Å². The molecule has 0 amide bonds. The number of phenols is 1. The average molecular weight is 236 g/mol. The van der Waals surface area contributed by atoms with Crippen molar-refractivity contribution >= 4 is 11.9 Å². The molecule has 90 valence electrons. The van der Waals surface area contributed by atoms with Crippen molar-refractivity contribution in [2.45, 2.75) is 19.4 Å². The lowest BCUT2D eigenvalue weighted by Gasteiger charge is -2.09.